The van der Waals surface area contributed by atoms with Crippen LogP contribution in [0.25, 0.3) is 0 Å². The number of carbonyl (C=O) groups is 1. The van der Waals surface area contributed by atoms with Gasteiger partial charge < -0.3 is 10.2 Å². The molecule has 0 radical (unpaired) electrons. The van der Waals surface area contributed by atoms with Crippen molar-refractivity contribution in [3.05, 3.63) is 36.2 Å². The Morgan fingerprint density at radius 1 is 1.35 bits per heavy atom. The van der Waals surface area contributed by atoms with Crippen molar-refractivity contribution in [2.45, 2.75) is 13.1 Å². The van der Waals surface area contributed by atoms with Crippen LogP contribution in [0.3, 0.4) is 0 Å². The molecule has 8 heteroatoms. The Balaban J connectivity index is 0.00000147. The van der Waals surface area contributed by atoms with E-state index >= 15 is 0 Å². The molecule has 0 unspecified atom stereocenters. The summed E-state index contributed by atoms with van der Waals surface area (Å²) in [6.07, 6.45) is 1.44. The minimum Gasteiger partial charge on any atom is -0.311 e. The number of para-hydroxylation sites is 1. The topological polar surface area (TPSA) is 75.9 Å². The summed E-state index contributed by atoms with van der Waals surface area (Å²) in [4.78, 5) is 14.2. The van der Waals surface area contributed by atoms with Crippen molar-refractivity contribution in [3.63, 3.8) is 0 Å². The van der Waals surface area contributed by atoms with Gasteiger partial charge in [-0.2, -0.15) is 0 Å². The number of amides is 1. The number of halogens is 1. The SMILES string of the molecule is Cl.O=C(Cn1cnnn1)N1CCNCc2ccccc21. The zero-order valence-electron chi connectivity index (χ0n) is 10.8. The second kappa shape index (κ2) is 6.44. The van der Waals surface area contributed by atoms with E-state index in [1.54, 1.807) is 4.90 Å². The number of anilines is 1. The molecule has 0 saturated heterocycles. The molecule has 0 saturated carbocycles. The Bertz CT molecular complexity index is 573. The smallest absolute Gasteiger partial charge is 0.248 e. The van der Waals surface area contributed by atoms with Gasteiger partial charge in [0, 0.05) is 25.3 Å². The standard InChI is InChI=1S/C12H14N6O.ClH/c19-12(8-17-9-14-15-16-17)18-6-5-13-7-10-3-1-2-4-11(10)18;/h1-4,9,13H,5-8H2;1H. The molecule has 1 aliphatic rings. The minimum atomic E-state index is -0.0107. The van der Waals surface area contributed by atoms with Crippen LogP contribution in [0.15, 0.2) is 30.6 Å². The largest absolute Gasteiger partial charge is 0.311 e. The van der Waals surface area contributed by atoms with Crippen LogP contribution in [0, 0.1) is 0 Å². The minimum absolute atomic E-state index is 0. The van der Waals surface area contributed by atoms with Gasteiger partial charge >= 0.3 is 0 Å². The van der Waals surface area contributed by atoms with Crippen LogP contribution in [0.1, 0.15) is 5.56 Å². The Morgan fingerprint density at radius 2 is 2.20 bits per heavy atom. The molecular formula is C12H15ClN6O. The zero-order valence-corrected chi connectivity index (χ0v) is 11.6. The van der Waals surface area contributed by atoms with Gasteiger partial charge in [0.15, 0.2) is 0 Å². The first-order valence-electron chi connectivity index (χ1n) is 6.14. The molecule has 2 aromatic rings. The number of benzene rings is 1. The predicted molar refractivity (Wildman–Crippen MR) is 75.6 cm³/mol. The Morgan fingerprint density at radius 3 is 3.00 bits per heavy atom. The second-order valence-corrected chi connectivity index (χ2v) is 4.36. The molecule has 3 rings (SSSR count). The first-order valence-corrected chi connectivity index (χ1v) is 6.14. The average Bonchev–Trinajstić information content (AvgIpc) is 2.83. The van der Waals surface area contributed by atoms with Gasteiger partial charge in [-0.05, 0) is 22.1 Å². The third-order valence-electron chi connectivity index (χ3n) is 3.10. The van der Waals surface area contributed by atoms with Gasteiger partial charge in [0.1, 0.15) is 12.9 Å². The van der Waals surface area contributed by atoms with Crippen LogP contribution in [0.2, 0.25) is 0 Å². The quantitative estimate of drug-likeness (QED) is 0.858. The molecule has 2 heterocycles. The predicted octanol–water partition coefficient (Wildman–Crippen LogP) is 0.231. The summed E-state index contributed by atoms with van der Waals surface area (Å²) < 4.78 is 1.43. The highest BCUT2D eigenvalue weighted by Crippen LogP contribution is 2.22. The molecule has 20 heavy (non-hydrogen) atoms. The van der Waals surface area contributed by atoms with Gasteiger partial charge in [-0.1, -0.05) is 18.2 Å². The van der Waals surface area contributed by atoms with Gasteiger partial charge in [0.2, 0.25) is 5.91 Å². The van der Waals surface area contributed by atoms with Crippen molar-refractivity contribution in [2.24, 2.45) is 0 Å². The highest BCUT2D eigenvalue weighted by atomic mass is 35.5. The number of aromatic nitrogens is 4. The van der Waals surface area contributed by atoms with Gasteiger partial charge in [0.25, 0.3) is 0 Å². The first-order chi connectivity index (χ1) is 9.34. The summed E-state index contributed by atoms with van der Waals surface area (Å²) in [6.45, 7) is 2.36. The molecule has 1 aliphatic heterocycles. The molecule has 1 amide bonds. The summed E-state index contributed by atoms with van der Waals surface area (Å²) in [7, 11) is 0. The third kappa shape index (κ3) is 2.94. The van der Waals surface area contributed by atoms with E-state index in [0.717, 1.165) is 24.3 Å². The van der Waals surface area contributed by atoms with Crippen LogP contribution in [0.5, 0.6) is 0 Å². The van der Waals surface area contributed by atoms with Crippen LogP contribution in [-0.4, -0.2) is 39.2 Å². The van der Waals surface area contributed by atoms with Crippen molar-refractivity contribution >= 4 is 24.0 Å². The fourth-order valence-corrected chi connectivity index (χ4v) is 2.19. The van der Waals surface area contributed by atoms with E-state index < -0.39 is 0 Å². The van der Waals surface area contributed by atoms with E-state index in [4.69, 9.17) is 0 Å². The molecule has 0 bridgehead atoms. The van der Waals surface area contributed by atoms with Crippen LogP contribution in [0.4, 0.5) is 5.69 Å². The van der Waals surface area contributed by atoms with E-state index in [0.29, 0.717) is 6.54 Å². The van der Waals surface area contributed by atoms with Crippen molar-refractivity contribution in [1.82, 2.24) is 25.5 Å². The fourth-order valence-electron chi connectivity index (χ4n) is 2.19. The van der Waals surface area contributed by atoms with Gasteiger partial charge in [-0.25, -0.2) is 4.68 Å². The van der Waals surface area contributed by atoms with Crippen molar-refractivity contribution in [3.8, 4) is 0 Å². The lowest BCUT2D eigenvalue weighted by atomic mass is 10.1. The molecular weight excluding hydrogens is 280 g/mol. The normalized spacial score (nSPS) is 14.1. The van der Waals surface area contributed by atoms with Crippen LogP contribution >= 0.6 is 12.4 Å². The highest BCUT2D eigenvalue weighted by Gasteiger charge is 2.20. The van der Waals surface area contributed by atoms with Crippen molar-refractivity contribution < 1.29 is 4.79 Å². The van der Waals surface area contributed by atoms with Crippen molar-refractivity contribution in [1.29, 1.82) is 0 Å². The third-order valence-corrected chi connectivity index (χ3v) is 3.10. The van der Waals surface area contributed by atoms with Gasteiger partial charge in [-0.3, -0.25) is 4.79 Å². The number of nitrogens with zero attached hydrogens (tertiary/aromatic N) is 5. The van der Waals surface area contributed by atoms with Crippen LogP contribution < -0.4 is 10.2 Å². The fraction of sp³-hybridized carbons (Fsp3) is 0.333. The number of fused-ring (bicyclic) bond motifs is 1. The summed E-state index contributed by atoms with van der Waals surface area (Å²) in [5.74, 6) is -0.0107. The first kappa shape index (κ1) is 14.4. The number of tetrazole rings is 1. The maximum atomic E-state index is 12.4. The zero-order chi connectivity index (χ0) is 13.1. The summed E-state index contributed by atoms with van der Waals surface area (Å²) in [6, 6.07) is 7.93. The summed E-state index contributed by atoms with van der Waals surface area (Å²) in [5.41, 5.74) is 2.09. The average molecular weight is 295 g/mol. The summed E-state index contributed by atoms with van der Waals surface area (Å²) in [5, 5.41) is 14.1. The maximum absolute atomic E-state index is 12.4. The monoisotopic (exact) mass is 294 g/mol. The molecule has 1 N–H and O–H groups in total. The van der Waals surface area contributed by atoms with Crippen molar-refractivity contribution in [2.75, 3.05) is 18.0 Å². The molecule has 106 valence electrons. The van der Waals surface area contributed by atoms with E-state index in [9.17, 15) is 4.79 Å². The highest BCUT2D eigenvalue weighted by molar-refractivity contribution is 5.94. The van der Waals surface area contributed by atoms with Gasteiger partial charge in [0.05, 0.1) is 0 Å². The summed E-state index contributed by atoms with van der Waals surface area (Å²) >= 11 is 0. The molecule has 0 aliphatic carbocycles. The number of nitrogens with one attached hydrogen (secondary N) is 1. The molecule has 0 fully saturated rings. The Kier molecular flexibility index (Phi) is 4.65. The molecule has 7 nitrogen and oxygen atoms in total. The van der Waals surface area contributed by atoms with E-state index in [-0.39, 0.29) is 24.9 Å². The second-order valence-electron chi connectivity index (χ2n) is 4.36. The Labute approximate surface area is 122 Å². The lowest BCUT2D eigenvalue weighted by Crippen LogP contribution is -2.37. The molecule has 0 spiro atoms. The van der Waals surface area contributed by atoms with Gasteiger partial charge in [-0.15, -0.1) is 17.5 Å². The maximum Gasteiger partial charge on any atom is 0.248 e. The molecule has 1 aromatic heterocycles. The van der Waals surface area contributed by atoms with E-state index in [1.807, 2.05) is 24.3 Å². The number of hydrogen-bond acceptors (Lipinski definition) is 5. The number of hydrogen-bond donors (Lipinski definition) is 1. The van der Waals surface area contributed by atoms with E-state index in [2.05, 4.69) is 20.8 Å². The number of rotatable bonds is 2. The van der Waals surface area contributed by atoms with Crippen LogP contribution in [-0.2, 0) is 17.9 Å². The lowest BCUT2D eigenvalue weighted by molar-refractivity contribution is -0.119. The van der Waals surface area contributed by atoms with E-state index in [1.165, 1.54) is 11.0 Å². The lowest BCUT2D eigenvalue weighted by Gasteiger charge is -2.22. The Hall–Kier alpha value is -1.99. The molecule has 0 atom stereocenters. The number of carbonyl (C=O) groups excluding carboxylic acids is 1. The molecule has 1 aromatic carbocycles.